The number of hydrogen-bond acceptors (Lipinski definition) is 5. The summed E-state index contributed by atoms with van der Waals surface area (Å²) in [5.74, 6) is 1.27. The summed E-state index contributed by atoms with van der Waals surface area (Å²) in [5, 5.41) is 1.84. The molecule has 4 rings (SSSR count). The number of likely N-dealkylation sites (tertiary alicyclic amines) is 1. The molecule has 140 valence electrons. The van der Waals surface area contributed by atoms with Crippen molar-refractivity contribution in [2.75, 3.05) is 20.2 Å². The molecule has 27 heavy (non-hydrogen) atoms. The topological polar surface area (TPSA) is 64.4 Å². The third-order valence-corrected chi connectivity index (χ3v) is 5.95. The van der Waals surface area contributed by atoms with Gasteiger partial charge in [0.05, 0.1) is 19.0 Å². The summed E-state index contributed by atoms with van der Waals surface area (Å²) >= 11 is 1.36. The van der Waals surface area contributed by atoms with Gasteiger partial charge in [0.15, 0.2) is 0 Å². The van der Waals surface area contributed by atoms with Crippen LogP contribution in [0.3, 0.4) is 0 Å². The van der Waals surface area contributed by atoms with E-state index in [1.54, 1.807) is 7.11 Å². The molecule has 1 aromatic carbocycles. The van der Waals surface area contributed by atoms with E-state index in [0.717, 1.165) is 31.7 Å². The van der Waals surface area contributed by atoms with Crippen LogP contribution in [-0.2, 0) is 17.8 Å². The lowest BCUT2D eigenvalue weighted by molar-refractivity contribution is -0.131. The van der Waals surface area contributed by atoms with Gasteiger partial charge in [-0.05, 0) is 47.9 Å². The smallest absolute Gasteiger partial charge is 0.271 e. The van der Waals surface area contributed by atoms with E-state index in [-0.39, 0.29) is 18.0 Å². The predicted octanol–water partition coefficient (Wildman–Crippen LogP) is 2.56. The molecular weight excluding hydrogens is 362 g/mol. The number of ether oxygens (including phenoxy) is 1. The van der Waals surface area contributed by atoms with Crippen molar-refractivity contribution in [1.29, 1.82) is 0 Å². The number of benzene rings is 1. The molecule has 0 bridgehead atoms. The summed E-state index contributed by atoms with van der Waals surface area (Å²) in [7, 11) is 1.66. The molecule has 2 aromatic heterocycles. The van der Waals surface area contributed by atoms with E-state index in [1.165, 1.54) is 27.8 Å². The molecule has 3 aromatic rings. The van der Waals surface area contributed by atoms with Crippen LogP contribution in [0, 0.1) is 5.92 Å². The van der Waals surface area contributed by atoms with Crippen molar-refractivity contribution in [1.82, 2.24) is 14.5 Å². The van der Waals surface area contributed by atoms with E-state index in [2.05, 4.69) is 17.1 Å². The third-order valence-electron chi connectivity index (χ3n) is 5.06. The molecule has 0 spiro atoms. The van der Waals surface area contributed by atoms with Crippen LogP contribution in [-0.4, -0.2) is 40.6 Å². The number of carbonyl (C=O) groups is 1. The van der Waals surface area contributed by atoms with Crippen molar-refractivity contribution in [3.63, 3.8) is 0 Å². The van der Waals surface area contributed by atoms with Crippen LogP contribution in [0.2, 0.25) is 0 Å². The van der Waals surface area contributed by atoms with Crippen molar-refractivity contribution in [2.24, 2.45) is 5.92 Å². The molecule has 1 aliphatic heterocycles. The van der Waals surface area contributed by atoms with Crippen LogP contribution in [0.25, 0.3) is 10.2 Å². The van der Waals surface area contributed by atoms with E-state index in [0.29, 0.717) is 16.1 Å². The summed E-state index contributed by atoms with van der Waals surface area (Å²) in [6.07, 6.45) is 3.39. The van der Waals surface area contributed by atoms with Gasteiger partial charge in [-0.15, -0.1) is 11.3 Å². The highest BCUT2D eigenvalue weighted by Crippen LogP contribution is 2.22. The fraction of sp³-hybridized carbons (Fsp3) is 0.350. The van der Waals surface area contributed by atoms with Crippen LogP contribution >= 0.6 is 11.3 Å². The number of fused-ring (bicyclic) bond motifs is 1. The van der Waals surface area contributed by atoms with Crippen LogP contribution in [0.1, 0.15) is 12.0 Å². The first-order valence-corrected chi connectivity index (χ1v) is 9.85. The summed E-state index contributed by atoms with van der Waals surface area (Å²) in [4.78, 5) is 31.2. The van der Waals surface area contributed by atoms with Crippen molar-refractivity contribution in [2.45, 2.75) is 19.4 Å². The maximum atomic E-state index is 12.6. The van der Waals surface area contributed by atoms with E-state index < -0.39 is 0 Å². The summed E-state index contributed by atoms with van der Waals surface area (Å²) in [6.45, 7) is 1.52. The average Bonchev–Trinajstić information content (AvgIpc) is 3.34. The van der Waals surface area contributed by atoms with E-state index >= 15 is 0 Å². The fourth-order valence-corrected chi connectivity index (χ4v) is 4.35. The standard InChI is InChI=1S/C20H21N3O3S/c1-26-16-4-2-14(3-5-16)10-15-6-8-22(11-15)18(24)12-23-13-21-17-7-9-27-19(17)20(23)25/h2-5,7,9,13,15H,6,8,10-12H2,1H3. The number of methoxy groups -OCH3 is 1. The number of aromatic nitrogens is 2. The van der Waals surface area contributed by atoms with Gasteiger partial charge >= 0.3 is 0 Å². The Hall–Kier alpha value is -2.67. The lowest BCUT2D eigenvalue weighted by Crippen LogP contribution is -2.35. The zero-order valence-corrected chi connectivity index (χ0v) is 15.9. The summed E-state index contributed by atoms with van der Waals surface area (Å²) in [6, 6.07) is 9.90. The Kier molecular flexibility index (Phi) is 4.94. The Bertz CT molecular complexity index is 1010. The second-order valence-electron chi connectivity index (χ2n) is 6.86. The zero-order chi connectivity index (χ0) is 18.8. The van der Waals surface area contributed by atoms with Crippen LogP contribution in [0.4, 0.5) is 0 Å². The maximum Gasteiger partial charge on any atom is 0.271 e. The third kappa shape index (κ3) is 3.73. The molecule has 1 fully saturated rings. The molecule has 1 unspecified atom stereocenters. The van der Waals surface area contributed by atoms with E-state index in [4.69, 9.17) is 4.74 Å². The lowest BCUT2D eigenvalue weighted by Gasteiger charge is -2.17. The van der Waals surface area contributed by atoms with Gasteiger partial charge in [0.2, 0.25) is 5.91 Å². The highest BCUT2D eigenvalue weighted by Gasteiger charge is 2.26. The number of amides is 1. The van der Waals surface area contributed by atoms with Crippen molar-refractivity contribution >= 4 is 27.5 Å². The largest absolute Gasteiger partial charge is 0.497 e. The number of thiophene rings is 1. The molecular formula is C20H21N3O3S. The molecule has 1 aliphatic rings. The normalized spacial score (nSPS) is 16.8. The highest BCUT2D eigenvalue weighted by atomic mass is 32.1. The quantitative estimate of drug-likeness (QED) is 0.679. The van der Waals surface area contributed by atoms with Gasteiger partial charge in [0.1, 0.15) is 17.0 Å². The molecule has 1 saturated heterocycles. The molecule has 3 heterocycles. The van der Waals surface area contributed by atoms with Gasteiger partial charge in [0.25, 0.3) is 5.56 Å². The monoisotopic (exact) mass is 383 g/mol. The minimum absolute atomic E-state index is 0.0213. The average molecular weight is 383 g/mol. The first-order chi connectivity index (χ1) is 13.1. The van der Waals surface area contributed by atoms with E-state index in [1.807, 2.05) is 28.5 Å². The zero-order valence-electron chi connectivity index (χ0n) is 15.1. The van der Waals surface area contributed by atoms with Crippen molar-refractivity contribution in [3.05, 3.63) is 58.0 Å². The molecule has 0 radical (unpaired) electrons. The Morgan fingerprint density at radius 3 is 2.89 bits per heavy atom. The second-order valence-corrected chi connectivity index (χ2v) is 7.78. The summed E-state index contributed by atoms with van der Waals surface area (Å²) in [5.41, 5.74) is 1.80. The number of carbonyl (C=O) groups excluding carboxylic acids is 1. The molecule has 0 saturated carbocycles. The van der Waals surface area contributed by atoms with Crippen LogP contribution < -0.4 is 10.3 Å². The first-order valence-electron chi connectivity index (χ1n) is 8.97. The van der Waals surface area contributed by atoms with Crippen LogP contribution in [0.15, 0.2) is 46.8 Å². The Labute approximate surface area is 161 Å². The number of hydrogen-bond donors (Lipinski definition) is 0. The molecule has 0 N–H and O–H groups in total. The Morgan fingerprint density at radius 1 is 1.30 bits per heavy atom. The first kappa shape index (κ1) is 17.7. The van der Waals surface area contributed by atoms with Crippen molar-refractivity contribution < 1.29 is 9.53 Å². The molecule has 0 aliphatic carbocycles. The molecule has 7 heteroatoms. The number of nitrogens with zero attached hydrogens (tertiary/aromatic N) is 3. The van der Waals surface area contributed by atoms with Gasteiger partial charge in [-0.3, -0.25) is 14.2 Å². The summed E-state index contributed by atoms with van der Waals surface area (Å²) < 4.78 is 7.21. The minimum atomic E-state index is -0.141. The highest BCUT2D eigenvalue weighted by molar-refractivity contribution is 7.17. The van der Waals surface area contributed by atoms with Gasteiger partial charge in [0, 0.05) is 13.1 Å². The van der Waals surface area contributed by atoms with Crippen molar-refractivity contribution in [3.8, 4) is 5.75 Å². The second kappa shape index (κ2) is 7.52. The SMILES string of the molecule is COc1ccc(CC2CCN(C(=O)Cn3cnc4ccsc4c3=O)C2)cc1. The van der Waals surface area contributed by atoms with Gasteiger partial charge < -0.3 is 9.64 Å². The Balaban J connectivity index is 1.38. The molecule has 1 atom stereocenters. The van der Waals surface area contributed by atoms with Gasteiger partial charge in [-0.1, -0.05) is 12.1 Å². The molecule has 1 amide bonds. The predicted molar refractivity (Wildman–Crippen MR) is 105 cm³/mol. The number of rotatable bonds is 5. The fourth-order valence-electron chi connectivity index (χ4n) is 3.56. The van der Waals surface area contributed by atoms with Crippen LogP contribution in [0.5, 0.6) is 5.75 Å². The van der Waals surface area contributed by atoms with Gasteiger partial charge in [-0.2, -0.15) is 0 Å². The Morgan fingerprint density at radius 2 is 2.11 bits per heavy atom. The van der Waals surface area contributed by atoms with Gasteiger partial charge in [-0.25, -0.2) is 4.98 Å². The minimum Gasteiger partial charge on any atom is -0.497 e. The molecule has 6 nitrogen and oxygen atoms in total. The lowest BCUT2D eigenvalue weighted by atomic mass is 9.99. The maximum absolute atomic E-state index is 12.6. The van der Waals surface area contributed by atoms with E-state index in [9.17, 15) is 9.59 Å².